The predicted molar refractivity (Wildman–Crippen MR) is 208 cm³/mol. The van der Waals surface area contributed by atoms with Gasteiger partial charge in [0.15, 0.2) is 5.13 Å². The molecule has 3 aromatic rings. The molecule has 1 aromatic carbocycles. The number of rotatable bonds is 16. The average molecular weight is 686 g/mol. The number of aryl methyl sites for hydroxylation is 3. The largest absolute Gasteiger partial charge is 0.492 e. The lowest BCUT2D eigenvalue weighted by Crippen LogP contribution is -2.54. The van der Waals surface area contributed by atoms with Crippen LogP contribution in [0.25, 0.3) is 23.9 Å². The number of piperidine rings is 1. The number of anilines is 1. The van der Waals surface area contributed by atoms with Gasteiger partial charge in [0, 0.05) is 37.0 Å². The molecule has 4 rings (SSSR count). The van der Waals surface area contributed by atoms with Gasteiger partial charge < -0.3 is 15.0 Å². The molecule has 0 spiro atoms. The zero-order valence-corrected chi connectivity index (χ0v) is 32.0. The number of benzene rings is 1. The van der Waals surface area contributed by atoms with Gasteiger partial charge in [-0.05, 0) is 81.9 Å². The minimum absolute atomic E-state index is 0.0375. The molecule has 1 fully saturated rings. The van der Waals surface area contributed by atoms with Crippen molar-refractivity contribution in [1.82, 2.24) is 9.66 Å². The number of unbranched alkanes of at least 4 members (excludes halogenated alkanes) is 2. The lowest BCUT2D eigenvalue weighted by molar-refractivity contribution is 0.372. The summed E-state index contributed by atoms with van der Waals surface area (Å²) in [7, 11) is 0. The van der Waals surface area contributed by atoms with E-state index in [9.17, 15) is 15.2 Å². The molecule has 7 nitrogen and oxygen atoms in total. The van der Waals surface area contributed by atoms with Gasteiger partial charge in [-0.25, -0.2) is 4.98 Å². The maximum absolute atomic E-state index is 14.3. The van der Waals surface area contributed by atoms with E-state index >= 15 is 0 Å². The Kier molecular flexibility index (Phi) is 14.0. The molecule has 266 valence electrons. The lowest BCUT2D eigenvalue weighted by atomic mass is 9.96. The standard InChI is InChI=1S/C41H59N5O2S/c1-9-13-18-32(11-3)26-44(27-33(12-4)19-14-10-2)41-43-38(37-29(6)22-28(5)23-30(37)7)36(49-41)24-34-31(8)35(25-42)40(48)46(39(34)47)45-20-16-15-17-21-45/h22-24,32-33,48H,8-21,26-27H2,1-7H3/b34-24+. The first kappa shape index (κ1) is 38.2. The zero-order chi connectivity index (χ0) is 35.7. The predicted octanol–water partition coefficient (Wildman–Crippen LogP) is 8.07. The van der Waals surface area contributed by atoms with Gasteiger partial charge in [-0.3, -0.25) is 4.79 Å². The first-order valence-corrected chi connectivity index (χ1v) is 19.6. The molecule has 1 aliphatic rings. The van der Waals surface area contributed by atoms with Gasteiger partial charge in [0.25, 0.3) is 5.56 Å². The highest BCUT2D eigenvalue weighted by molar-refractivity contribution is 7.16. The van der Waals surface area contributed by atoms with E-state index in [0.29, 0.717) is 30.1 Å². The van der Waals surface area contributed by atoms with Crippen molar-refractivity contribution in [2.45, 2.75) is 119 Å². The van der Waals surface area contributed by atoms with Crippen LogP contribution < -0.4 is 25.9 Å². The molecular formula is C41H59N5O2S. The van der Waals surface area contributed by atoms with Gasteiger partial charge >= 0.3 is 0 Å². The van der Waals surface area contributed by atoms with E-state index in [0.717, 1.165) is 77.6 Å². The molecule has 2 atom stereocenters. The minimum atomic E-state index is -0.352. The van der Waals surface area contributed by atoms with E-state index in [4.69, 9.17) is 4.98 Å². The first-order chi connectivity index (χ1) is 23.6. The number of hydrogen-bond acceptors (Lipinski definition) is 7. The number of hydrogen-bond donors (Lipinski definition) is 1. The summed E-state index contributed by atoms with van der Waals surface area (Å²) in [5.41, 5.74) is 5.11. The monoisotopic (exact) mass is 685 g/mol. The molecule has 3 heterocycles. The molecule has 0 saturated carbocycles. The Labute approximate surface area is 298 Å². The molecule has 8 heteroatoms. The Balaban J connectivity index is 2.00. The molecule has 1 N–H and O–H groups in total. The van der Waals surface area contributed by atoms with Crippen molar-refractivity contribution < 1.29 is 5.11 Å². The molecular weight excluding hydrogens is 627 g/mol. The van der Waals surface area contributed by atoms with Crippen LogP contribution in [0, 0.1) is 43.9 Å². The van der Waals surface area contributed by atoms with E-state index in [1.165, 1.54) is 48.8 Å². The molecule has 0 aliphatic carbocycles. The van der Waals surface area contributed by atoms with Crippen molar-refractivity contribution in [3.05, 3.63) is 60.1 Å². The summed E-state index contributed by atoms with van der Waals surface area (Å²) < 4.78 is 1.31. The fourth-order valence-electron chi connectivity index (χ4n) is 7.43. The highest BCUT2D eigenvalue weighted by atomic mass is 32.1. The quantitative estimate of drug-likeness (QED) is 0.164. The Morgan fingerprint density at radius 1 is 1.00 bits per heavy atom. The van der Waals surface area contributed by atoms with Crippen molar-refractivity contribution in [3.8, 4) is 23.2 Å². The fraction of sp³-hybridized carbons (Fsp3) is 0.585. The average Bonchev–Trinajstić information content (AvgIpc) is 3.49. The highest BCUT2D eigenvalue weighted by Crippen LogP contribution is 2.38. The SMILES string of the molecule is C=c1c(C#N)c(O)n(N2CCCCC2)c(=O)/c1=C/c1sc(N(CC(CC)CCCC)CC(CC)CCCC)nc1-c1c(C)cc(C)cc1C. The second-order valence-electron chi connectivity index (χ2n) is 14.2. The van der Waals surface area contributed by atoms with Gasteiger partial charge in [-0.1, -0.05) is 102 Å². The van der Waals surface area contributed by atoms with Crippen molar-refractivity contribution in [1.29, 1.82) is 5.26 Å². The Morgan fingerprint density at radius 3 is 2.08 bits per heavy atom. The Hall–Kier alpha value is -3.57. The van der Waals surface area contributed by atoms with E-state index in [1.54, 1.807) is 11.3 Å². The molecule has 1 saturated heterocycles. The molecule has 2 unspecified atom stereocenters. The molecule has 0 bridgehead atoms. The smallest absolute Gasteiger partial charge is 0.280 e. The summed E-state index contributed by atoms with van der Waals surface area (Å²) in [4.78, 5) is 23.1. The van der Waals surface area contributed by atoms with Gasteiger partial charge in [0.1, 0.15) is 11.6 Å². The van der Waals surface area contributed by atoms with Crippen LogP contribution in [0.4, 0.5) is 5.13 Å². The van der Waals surface area contributed by atoms with Crippen LogP contribution >= 0.6 is 11.3 Å². The van der Waals surface area contributed by atoms with Crippen LogP contribution in [-0.2, 0) is 0 Å². The Morgan fingerprint density at radius 2 is 1.57 bits per heavy atom. The van der Waals surface area contributed by atoms with Crippen LogP contribution in [0.1, 0.15) is 125 Å². The maximum Gasteiger partial charge on any atom is 0.280 e. The van der Waals surface area contributed by atoms with Crippen LogP contribution in [0.3, 0.4) is 0 Å². The van der Waals surface area contributed by atoms with Crippen molar-refractivity contribution in [3.63, 3.8) is 0 Å². The normalized spacial score (nSPS) is 15.0. The summed E-state index contributed by atoms with van der Waals surface area (Å²) >= 11 is 1.63. The van der Waals surface area contributed by atoms with E-state index in [1.807, 2.05) is 11.1 Å². The molecule has 1 aliphatic heterocycles. The second-order valence-corrected chi connectivity index (χ2v) is 15.2. The van der Waals surface area contributed by atoms with Gasteiger partial charge in [0.2, 0.25) is 5.88 Å². The summed E-state index contributed by atoms with van der Waals surface area (Å²) in [6, 6.07) is 6.54. The summed E-state index contributed by atoms with van der Waals surface area (Å²) in [5.74, 6) is 0.822. The highest BCUT2D eigenvalue weighted by Gasteiger charge is 2.25. The number of pyridine rings is 1. The van der Waals surface area contributed by atoms with Crippen molar-refractivity contribution in [2.75, 3.05) is 36.1 Å². The third-order valence-corrected chi connectivity index (χ3v) is 11.4. The molecule has 0 amide bonds. The second kappa shape index (κ2) is 17.9. The van der Waals surface area contributed by atoms with Crippen LogP contribution in [-0.4, -0.2) is 40.9 Å². The minimum Gasteiger partial charge on any atom is -0.492 e. The zero-order valence-electron chi connectivity index (χ0n) is 31.2. The van der Waals surface area contributed by atoms with Crippen LogP contribution in [0.15, 0.2) is 16.9 Å². The van der Waals surface area contributed by atoms with Gasteiger partial charge in [0.05, 0.1) is 15.8 Å². The third-order valence-electron chi connectivity index (χ3n) is 10.3. The third kappa shape index (κ3) is 8.97. The fourth-order valence-corrected chi connectivity index (χ4v) is 8.46. The van der Waals surface area contributed by atoms with Gasteiger partial charge in [-0.15, -0.1) is 0 Å². The number of thiazole rings is 1. The van der Waals surface area contributed by atoms with Gasteiger partial charge in [-0.2, -0.15) is 9.94 Å². The summed E-state index contributed by atoms with van der Waals surface area (Å²) in [6.45, 7) is 22.9. The summed E-state index contributed by atoms with van der Waals surface area (Å²) in [5, 5.41) is 24.7. The van der Waals surface area contributed by atoms with Crippen LogP contribution in [0.2, 0.25) is 0 Å². The number of aromatic nitrogens is 2. The molecule has 49 heavy (non-hydrogen) atoms. The van der Waals surface area contributed by atoms with Crippen molar-refractivity contribution in [2.24, 2.45) is 11.8 Å². The van der Waals surface area contributed by atoms with E-state index in [-0.39, 0.29) is 22.2 Å². The topological polar surface area (TPSA) is 85.4 Å². The molecule has 2 aromatic heterocycles. The first-order valence-electron chi connectivity index (χ1n) is 18.8. The Bertz CT molecular complexity index is 1740. The van der Waals surface area contributed by atoms with Crippen molar-refractivity contribution >= 4 is 29.1 Å². The maximum atomic E-state index is 14.3. The van der Waals surface area contributed by atoms with E-state index < -0.39 is 0 Å². The van der Waals surface area contributed by atoms with Crippen LogP contribution in [0.5, 0.6) is 5.88 Å². The lowest BCUT2D eigenvalue weighted by Gasteiger charge is -2.30. The van der Waals surface area contributed by atoms with E-state index in [2.05, 4.69) is 78.1 Å². The number of nitriles is 1. The molecule has 0 radical (unpaired) electrons. The summed E-state index contributed by atoms with van der Waals surface area (Å²) in [6.07, 6.45) is 14.3. The number of nitrogens with zero attached hydrogens (tertiary/aromatic N) is 5. The number of aromatic hydroxyl groups is 1.